The smallest absolute Gasteiger partial charge is 0.259 e. The number of methoxy groups -OCH3 is 1. The number of amides is 1. The van der Waals surface area contributed by atoms with Crippen LogP contribution in [0.2, 0.25) is 0 Å². The average molecular weight is 470 g/mol. The number of rotatable bonds is 5. The number of ether oxygens (including phenoxy) is 1. The highest BCUT2D eigenvalue weighted by molar-refractivity contribution is 5.95. The number of piperidine rings is 1. The van der Waals surface area contributed by atoms with Crippen molar-refractivity contribution in [2.45, 2.75) is 25.7 Å². The first-order valence-electron chi connectivity index (χ1n) is 11.7. The summed E-state index contributed by atoms with van der Waals surface area (Å²) in [5, 5.41) is 4.61. The molecule has 8 heteroatoms. The number of anilines is 2. The Morgan fingerprint density at radius 1 is 1.11 bits per heavy atom. The number of carbonyl (C=O) groups excluding carboxylic acids is 1. The molecular formula is C27H27N5O3. The van der Waals surface area contributed by atoms with Crippen LogP contribution < -0.4 is 15.6 Å². The molecule has 4 heterocycles. The van der Waals surface area contributed by atoms with Gasteiger partial charge in [-0.25, -0.2) is 4.98 Å². The van der Waals surface area contributed by atoms with Crippen molar-refractivity contribution in [3.05, 3.63) is 77.0 Å². The van der Waals surface area contributed by atoms with Crippen LogP contribution in [0.3, 0.4) is 0 Å². The number of pyridine rings is 3. The molecule has 178 valence electrons. The second-order valence-corrected chi connectivity index (χ2v) is 8.77. The van der Waals surface area contributed by atoms with Crippen LogP contribution in [0.1, 0.15) is 31.2 Å². The molecule has 1 fully saturated rings. The quantitative estimate of drug-likeness (QED) is 0.448. The molecule has 0 atom stereocenters. The Hall–Kier alpha value is -4.20. The van der Waals surface area contributed by atoms with Gasteiger partial charge in [-0.15, -0.1) is 0 Å². The summed E-state index contributed by atoms with van der Waals surface area (Å²) in [4.78, 5) is 37.9. The molecule has 1 aliphatic heterocycles. The van der Waals surface area contributed by atoms with E-state index in [1.54, 1.807) is 32.6 Å². The van der Waals surface area contributed by atoms with E-state index >= 15 is 0 Å². The van der Waals surface area contributed by atoms with Gasteiger partial charge in [0.25, 0.3) is 5.56 Å². The average Bonchev–Trinajstić information content (AvgIpc) is 2.89. The van der Waals surface area contributed by atoms with Crippen molar-refractivity contribution in [2.24, 2.45) is 0 Å². The standard InChI is InChI=1S/C27H27N5O3/c1-17(33)32-11-8-19(9-12-32)18-3-5-22(6-4-18)30-26-25-20(7-10-29-27(25)34)14-24(31-26)21-13-23(35-2)16-28-15-21/h3-7,10,13-16,19H,8-9,11-12H2,1-2H3,(H,29,34)(H,30,31). The molecule has 35 heavy (non-hydrogen) atoms. The van der Waals surface area contributed by atoms with E-state index in [1.807, 2.05) is 35.2 Å². The van der Waals surface area contributed by atoms with Gasteiger partial charge in [-0.05, 0) is 60.0 Å². The highest BCUT2D eigenvalue weighted by Gasteiger charge is 2.22. The van der Waals surface area contributed by atoms with Crippen LogP contribution in [0.15, 0.2) is 65.8 Å². The van der Waals surface area contributed by atoms with Gasteiger partial charge in [-0.2, -0.15) is 0 Å². The van der Waals surface area contributed by atoms with Gasteiger partial charge in [-0.3, -0.25) is 14.6 Å². The lowest BCUT2D eigenvalue weighted by molar-refractivity contribution is -0.129. The van der Waals surface area contributed by atoms with E-state index in [0.29, 0.717) is 28.6 Å². The maximum atomic E-state index is 12.7. The molecule has 0 aliphatic carbocycles. The fraction of sp³-hybridized carbons (Fsp3) is 0.259. The van der Waals surface area contributed by atoms with Gasteiger partial charge in [0.2, 0.25) is 5.91 Å². The minimum atomic E-state index is -0.207. The molecule has 5 rings (SSSR count). The molecule has 0 spiro atoms. The van der Waals surface area contributed by atoms with E-state index in [2.05, 4.69) is 27.4 Å². The van der Waals surface area contributed by atoms with E-state index in [-0.39, 0.29) is 11.5 Å². The van der Waals surface area contributed by atoms with Gasteiger partial charge in [-0.1, -0.05) is 12.1 Å². The largest absolute Gasteiger partial charge is 0.495 e. The van der Waals surface area contributed by atoms with Crippen LogP contribution in [-0.2, 0) is 4.79 Å². The number of hydrogen-bond acceptors (Lipinski definition) is 6. The van der Waals surface area contributed by atoms with E-state index in [1.165, 1.54) is 5.56 Å². The van der Waals surface area contributed by atoms with Gasteiger partial charge in [0.15, 0.2) is 0 Å². The Morgan fingerprint density at radius 3 is 2.60 bits per heavy atom. The fourth-order valence-corrected chi connectivity index (χ4v) is 4.63. The molecule has 1 amide bonds. The molecule has 1 aromatic carbocycles. The molecule has 8 nitrogen and oxygen atoms in total. The van der Waals surface area contributed by atoms with Crippen molar-refractivity contribution in [1.29, 1.82) is 0 Å². The zero-order valence-electron chi connectivity index (χ0n) is 19.7. The summed E-state index contributed by atoms with van der Waals surface area (Å²) in [7, 11) is 1.59. The van der Waals surface area contributed by atoms with Gasteiger partial charge < -0.3 is 19.9 Å². The van der Waals surface area contributed by atoms with Gasteiger partial charge >= 0.3 is 0 Å². The van der Waals surface area contributed by atoms with E-state index in [0.717, 1.165) is 42.6 Å². The molecule has 1 saturated heterocycles. The van der Waals surface area contributed by atoms with Crippen LogP contribution in [0, 0.1) is 0 Å². The Morgan fingerprint density at radius 2 is 1.89 bits per heavy atom. The van der Waals surface area contributed by atoms with Crippen LogP contribution in [0.4, 0.5) is 11.5 Å². The summed E-state index contributed by atoms with van der Waals surface area (Å²) in [6.07, 6.45) is 6.92. The second-order valence-electron chi connectivity index (χ2n) is 8.77. The molecular weight excluding hydrogens is 442 g/mol. The molecule has 2 N–H and O–H groups in total. The molecule has 3 aromatic heterocycles. The summed E-state index contributed by atoms with van der Waals surface area (Å²) in [5.41, 5.74) is 3.37. The SMILES string of the molecule is COc1cncc(-c2cc3cc[nH]c(=O)c3c(Nc3ccc(C4CCN(C(C)=O)CC4)cc3)n2)c1. The number of aromatic nitrogens is 3. The van der Waals surface area contributed by atoms with Crippen LogP contribution in [0.5, 0.6) is 5.75 Å². The van der Waals surface area contributed by atoms with Crippen LogP contribution in [-0.4, -0.2) is 46.0 Å². The highest BCUT2D eigenvalue weighted by atomic mass is 16.5. The molecule has 1 aliphatic rings. The predicted molar refractivity (Wildman–Crippen MR) is 136 cm³/mol. The summed E-state index contributed by atoms with van der Waals surface area (Å²) >= 11 is 0. The first-order chi connectivity index (χ1) is 17.0. The first-order valence-corrected chi connectivity index (χ1v) is 11.7. The molecule has 0 saturated carbocycles. The summed E-state index contributed by atoms with van der Waals surface area (Å²) in [6, 6.07) is 13.8. The third-order valence-electron chi connectivity index (χ3n) is 6.58. The number of likely N-dealkylation sites (tertiary alicyclic amines) is 1. The Balaban J connectivity index is 1.44. The van der Waals surface area contributed by atoms with E-state index in [9.17, 15) is 9.59 Å². The maximum Gasteiger partial charge on any atom is 0.259 e. The van der Waals surface area contributed by atoms with E-state index < -0.39 is 0 Å². The third-order valence-corrected chi connectivity index (χ3v) is 6.58. The second kappa shape index (κ2) is 9.58. The zero-order valence-corrected chi connectivity index (χ0v) is 19.7. The summed E-state index contributed by atoms with van der Waals surface area (Å²) in [6.45, 7) is 3.22. The Kier molecular flexibility index (Phi) is 6.18. The number of hydrogen-bond donors (Lipinski definition) is 2. The zero-order chi connectivity index (χ0) is 24.4. The number of H-pyrrole nitrogens is 1. The van der Waals surface area contributed by atoms with Crippen molar-refractivity contribution in [3.8, 4) is 17.0 Å². The number of benzene rings is 1. The monoisotopic (exact) mass is 469 g/mol. The normalized spacial score (nSPS) is 14.2. The van der Waals surface area contributed by atoms with Crippen LogP contribution in [0.25, 0.3) is 22.0 Å². The molecule has 0 unspecified atom stereocenters. The number of nitrogens with one attached hydrogen (secondary N) is 2. The topological polar surface area (TPSA) is 100 Å². The minimum Gasteiger partial charge on any atom is -0.495 e. The number of fused-ring (bicyclic) bond motifs is 1. The van der Waals surface area contributed by atoms with Crippen molar-refractivity contribution in [3.63, 3.8) is 0 Å². The highest BCUT2D eigenvalue weighted by Crippen LogP contribution is 2.31. The van der Waals surface area contributed by atoms with Crippen molar-refractivity contribution in [2.75, 3.05) is 25.5 Å². The van der Waals surface area contributed by atoms with Gasteiger partial charge in [0.05, 0.1) is 24.4 Å². The maximum absolute atomic E-state index is 12.7. The molecule has 0 radical (unpaired) electrons. The lowest BCUT2D eigenvalue weighted by atomic mass is 9.89. The Bertz CT molecular complexity index is 1420. The number of carbonyl (C=O) groups is 1. The van der Waals surface area contributed by atoms with Gasteiger partial charge in [0.1, 0.15) is 11.6 Å². The van der Waals surface area contributed by atoms with Gasteiger partial charge in [0, 0.05) is 43.7 Å². The number of nitrogens with zero attached hydrogens (tertiary/aromatic N) is 3. The molecule has 0 bridgehead atoms. The molecule has 4 aromatic rings. The lowest BCUT2D eigenvalue weighted by Crippen LogP contribution is -2.36. The first kappa shape index (κ1) is 22.6. The fourth-order valence-electron chi connectivity index (χ4n) is 4.63. The number of aromatic amines is 1. The van der Waals surface area contributed by atoms with E-state index in [4.69, 9.17) is 9.72 Å². The summed E-state index contributed by atoms with van der Waals surface area (Å²) in [5.74, 6) is 1.69. The van der Waals surface area contributed by atoms with Crippen molar-refractivity contribution >= 4 is 28.2 Å². The lowest BCUT2D eigenvalue weighted by Gasteiger charge is -2.31. The Labute approximate surface area is 203 Å². The summed E-state index contributed by atoms with van der Waals surface area (Å²) < 4.78 is 5.31. The van der Waals surface area contributed by atoms with Crippen molar-refractivity contribution < 1.29 is 9.53 Å². The third kappa shape index (κ3) is 4.73. The van der Waals surface area contributed by atoms with Crippen molar-refractivity contribution in [1.82, 2.24) is 19.9 Å². The predicted octanol–water partition coefficient (Wildman–Crippen LogP) is 4.46. The minimum absolute atomic E-state index is 0.143. The van der Waals surface area contributed by atoms with Crippen LogP contribution >= 0.6 is 0 Å².